The van der Waals surface area contributed by atoms with Gasteiger partial charge in [0.05, 0.1) is 17.9 Å². The summed E-state index contributed by atoms with van der Waals surface area (Å²) in [6.45, 7) is 3.14. The number of carboxylic acid groups (broad SMARTS) is 1. The highest BCUT2D eigenvalue weighted by molar-refractivity contribution is 9.10. The Morgan fingerprint density at radius 2 is 2.17 bits per heavy atom. The van der Waals surface area contributed by atoms with Crippen LogP contribution < -0.4 is 10.2 Å². The van der Waals surface area contributed by atoms with Crippen molar-refractivity contribution in [2.75, 3.05) is 16.8 Å². The van der Waals surface area contributed by atoms with Crippen molar-refractivity contribution in [1.82, 2.24) is 0 Å². The van der Waals surface area contributed by atoms with Crippen molar-refractivity contribution in [3.8, 4) is 0 Å². The zero-order valence-corrected chi connectivity index (χ0v) is 11.6. The number of fused-ring (bicyclic) bond motifs is 1. The fourth-order valence-corrected chi connectivity index (χ4v) is 2.28. The van der Waals surface area contributed by atoms with Crippen molar-refractivity contribution in [1.29, 1.82) is 0 Å². The van der Waals surface area contributed by atoms with Crippen LogP contribution >= 0.6 is 15.9 Å². The Bertz CT molecular complexity index is 528. The fraction of sp³-hybridized carbons (Fsp3) is 0.333. The number of hydrogen-bond donors (Lipinski definition) is 2. The van der Waals surface area contributed by atoms with E-state index in [2.05, 4.69) is 21.2 Å². The minimum atomic E-state index is -1.28. The van der Waals surface area contributed by atoms with E-state index in [1.165, 1.54) is 18.7 Å². The van der Waals surface area contributed by atoms with E-state index in [4.69, 9.17) is 0 Å². The monoisotopic (exact) mass is 312 g/mol. The summed E-state index contributed by atoms with van der Waals surface area (Å²) in [6, 6.07) is 5.40. The molecule has 0 spiro atoms. The number of nitrogens with zero attached hydrogens (tertiary/aromatic N) is 1. The Kier molecular flexibility index (Phi) is 3.06. The summed E-state index contributed by atoms with van der Waals surface area (Å²) >= 11 is 3.33. The van der Waals surface area contributed by atoms with Gasteiger partial charge in [-0.2, -0.15) is 0 Å². The van der Waals surface area contributed by atoms with Gasteiger partial charge in [0.15, 0.2) is 0 Å². The molecule has 5 nitrogen and oxygen atoms in total. The van der Waals surface area contributed by atoms with Gasteiger partial charge in [0.25, 0.3) is 0 Å². The minimum absolute atomic E-state index is 0.103. The second-order valence-corrected chi connectivity index (χ2v) is 5.52. The van der Waals surface area contributed by atoms with Crippen LogP contribution in [-0.4, -0.2) is 29.1 Å². The lowest BCUT2D eigenvalue weighted by atomic mass is 10.00. The molecule has 96 valence electrons. The highest BCUT2D eigenvalue weighted by atomic mass is 79.9. The van der Waals surface area contributed by atoms with E-state index in [1.54, 1.807) is 6.07 Å². The molecule has 6 heteroatoms. The van der Waals surface area contributed by atoms with Crippen molar-refractivity contribution in [2.24, 2.45) is 0 Å². The zero-order valence-electron chi connectivity index (χ0n) is 10.0. The van der Waals surface area contributed by atoms with Gasteiger partial charge in [-0.25, -0.2) is 4.79 Å². The van der Waals surface area contributed by atoms with Crippen molar-refractivity contribution < 1.29 is 14.7 Å². The molecule has 1 amide bonds. The van der Waals surface area contributed by atoms with Gasteiger partial charge in [-0.05, 0) is 32.0 Å². The number of nitrogens with one attached hydrogen (secondary N) is 1. The summed E-state index contributed by atoms with van der Waals surface area (Å²) in [5, 5.41) is 12.3. The maximum Gasteiger partial charge on any atom is 0.329 e. The molecule has 0 unspecified atom stereocenters. The number of rotatable bonds is 2. The number of carbonyl (C=O) groups is 2. The summed E-state index contributed by atoms with van der Waals surface area (Å²) in [5.41, 5.74) is 0.0505. The molecule has 1 aromatic rings. The van der Waals surface area contributed by atoms with Gasteiger partial charge >= 0.3 is 5.97 Å². The normalized spacial score (nSPS) is 15.1. The lowest BCUT2D eigenvalue weighted by molar-refractivity contribution is -0.143. The van der Waals surface area contributed by atoms with Gasteiger partial charge < -0.3 is 10.4 Å². The fourth-order valence-electron chi connectivity index (χ4n) is 1.93. The van der Waals surface area contributed by atoms with Gasteiger partial charge in [0.2, 0.25) is 5.91 Å². The second kappa shape index (κ2) is 4.28. The van der Waals surface area contributed by atoms with Crippen LogP contribution in [0.3, 0.4) is 0 Å². The number of benzene rings is 1. The summed E-state index contributed by atoms with van der Waals surface area (Å²) in [4.78, 5) is 24.7. The predicted octanol–water partition coefficient (Wildman–Crippen LogP) is 2.07. The van der Waals surface area contributed by atoms with Gasteiger partial charge in [-0.3, -0.25) is 9.69 Å². The summed E-state index contributed by atoms with van der Waals surface area (Å²) in [7, 11) is 0. The first-order chi connectivity index (χ1) is 8.34. The number of anilines is 2. The van der Waals surface area contributed by atoms with Gasteiger partial charge in [-0.15, -0.1) is 0 Å². The molecular formula is C12H13BrN2O3. The maximum atomic E-state index is 12.0. The maximum absolute atomic E-state index is 12.0. The molecule has 0 saturated heterocycles. The van der Waals surface area contributed by atoms with Crippen LogP contribution in [0.1, 0.15) is 13.8 Å². The molecule has 0 atom stereocenters. The SMILES string of the molecule is CC(C)(C(=O)O)N1C(=O)CNc2ccc(Br)cc21. The van der Waals surface area contributed by atoms with Crippen molar-refractivity contribution in [2.45, 2.75) is 19.4 Å². The molecule has 1 aromatic carbocycles. The average molecular weight is 313 g/mol. The third-order valence-electron chi connectivity index (χ3n) is 2.96. The van der Waals surface area contributed by atoms with Crippen LogP contribution in [0.15, 0.2) is 22.7 Å². The summed E-state index contributed by atoms with van der Waals surface area (Å²) < 4.78 is 0.795. The minimum Gasteiger partial charge on any atom is -0.480 e. The molecule has 0 fully saturated rings. The first kappa shape index (κ1) is 12.9. The van der Waals surface area contributed by atoms with Crippen LogP contribution in [0.2, 0.25) is 0 Å². The Labute approximate surface area is 113 Å². The molecule has 0 aliphatic carbocycles. The van der Waals surface area contributed by atoms with Crippen LogP contribution in [-0.2, 0) is 9.59 Å². The van der Waals surface area contributed by atoms with E-state index in [0.717, 1.165) is 10.2 Å². The number of halogens is 1. The molecule has 2 N–H and O–H groups in total. The van der Waals surface area contributed by atoms with Crippen LogP contribution in [0.4, 0.5) is 11.4 Å². The Morgan fingerprint density at radius 1 is 1.50 bits per heavy atom. The standard InChI is InChI=1S/C12H13BrN2O3/c1-12(2,11(17)18)15-9-5-7(13)3-4-8(9)14-6-10(15)16/h3-5,14H,6H2,1-2H3,(H,17,18). The van der Waals surface area contributed by atoms with Crippen LogP contribution in [0.25, 0.3) is 0 Å². The van der Waals surface area contributed by atoms with Crippen molar-refractivity contribution in [3.63, 3.8) is 0 Å². The van der Waals surface area contributed by atoms with Gasteiger partial charge in [-0.1, -0.05) is 15.9 Å². The molecule has 18 heavy (non-hydrogen) atoms. The Morgan fingerprint density at radius 3 is 2.78 bits per heavy atom. The quantitative estimate of drug-likeness (QED) is 0.877. The van der Waals surface area contributed by atoms with E-state index in [-0.39, 0.29) is 12.5 Å². The second-order valence-electron chi connectivity index (χ2n) is 4.61. The summed E-state index contributed by atoms with van der Waals surface area (Å²) in [5.74, 6) is -1.29. The number of carbonyl (C=O) groups excluding carboxylic acids is 1. The topological polar surface area (TPSA) is 69.6 Å². The number of amides is 1. The molecular weight excluding hydrogens is 300 g/mol. The predicted molar refractivity (Wildman–Crippen MR) is 71.8 cm³/mol. The molecule has 0 bridgehead atoms. The van der Waals surface area contributed by atoms with Gasteiger partial charge in [0.1, 0.15) is 5.54 Å². The number of carboxylic acids is 1. The number of hydrogen-bond acceptors (Lipinski definition) is 3. The van der Waals surface area contributed by atoms with Gasteiger partial charge in [0, 0.05) is 4.47 Å². The van der Waals surface area contributed by atoms with Crippen LogP contribution in [0, 0.1) is 0 Å². The Hall–Kier alpha value is -1.56. The highest BCUT2D eigenvalue weighted by Crippen LogP contribution is 2.36. The van der Waals surface area contributed by atoms with Crippen molar-refractivity contribution >= 4 is 39.2 Å². The van der Waals surface area contributed by atoms with E-state index in [1.807, 2.05) is 12.1 Å². The lowest BCUT2D eigenvalue weighted by Crippen LogP contribution is -2.56. The third kappa shape index (κ3) is 1.96. The lowest BCUT2D eigenvalue weighted by Gasteiger charge is -2.39. The molecule has 1 aliphatic heterocycles. The zero-order chi connectivity index (χ0) is 13.5. The third-order valence-corrected chi connectivity index (χ3v) is 3.46. The first-order valence-electron chi connectivity index (χ1n) is 5.44. The van der Waals surface area contributed by atoms with Crippen LogP contribution in [0.5, 0.6) is 0 Å². The molecule has 1 heterocycles. The Balaban J connectivity index is 2.58. The summed E-state index contributed by atoms with van der Waals surface area (Å²) in [6.07, 6.45) is 0. The molecule has 2 rings (SSSR count). The molecule has 0 saturated carbocycles. The molecule has 0 aromatic heterocycles. The largest absolute Gasteiger partial charge is 0.480 e. The van der Waals surface area contributed by atoms with E-state index in [0.29, 0.717) is 5.69 Å². The van der Waals surface area contributed by atoms with E-state index >= 15 is 0 Å². The highest BCUT2D eigenvalue weighted by Gasteiger charge is 2.41. The van der Waals surface area contributed by atoms with E-state index < -0.39 is 11.5 Å². The molecule has 0 radical (unpaired) electrons. The smallest absolute Gasteiger partial charge is 0.329 e. The number of aliphatic carboxylic acids is 1. The van der Waals surface area contributed by atoms with E-state index in [9.17, 15) is 14.7 Å². The van der Waals surface area contributed by atoms with Crippen molar-refractivity contribution in [3.05, 3.63) is 22.7 Å². The first-order valence-corrected chi connectivity index (χ1v) is 6.23. The molecule has 1 aliphatic rings. The average Bonchev–Trinajstić information content (AvgIpc) is 2.27.